The van der Waals surface area contributed by atoms with Gasteiger partial charge in [-0.3, -0.25) is 4.79 Å². The van der Waals surface area contributed by atoms with Gasteiger partial charge in [-0.2, -0.15) is 0 Å². The van der Waals surface area contributed by atoms with Crippen molar-refractivity contribution in [2.75, 3.05) is 5.32 Å². The first-order valence-electron chi connectivity index (χ1n) is 4.45. The molecule has 1 aromatic carbocycles. The molecule has 0 unspecified atom stereocenters. The third kappa shape index (κ3) is 1.66. The van der Waals surface area contributed by atoms with Crippen LogP contribution in [0.3, 0.4) is 0 Å². The van der Waals surface area contributed by atoms with Gasteiger partial charge in [-0.05, 0) is 40.9 Å². The number of carbonyl (C=O) groups excluding carboxylic acids is 1. The molecule has 74 valence electrons. The molecule has 1 aliphatic heterocycles. The number of hydrogen-bond acceptors (Lipinski definition) is 1. The Morgan fingerprint density at radius 3 is 2.93 bits per heavy atom. The summed E-state index contributed by atoms with van der Waals surface area (Å²) in [5.74, 6) is -0.296. The molecule has 2 rings (SSSR count). The number of hydrogen-bond donors (Lipinski definition) is 1. The Morgan fingerprint density at radius 2 is 2.14 bits per heavy atom. The van der Waals surface area contributed by atoms with Crippen molar-refractivity contribution in [2.45, 2.75) is 19.3 Å². The van der Waals surface area contributed by atoms with Gasteiger partial charge in [0, 0.05) is 17.7 Å². The van der Waals surface area contributed by atoms with Crippen molar-refractivity contribution >= 4 is 27.5 Å². The highest BCUT2D eigenvalue weighted by Gasteiger charge is 2.17. The molecule has 0 radical (unpaired) electrons. The molecule has 4 heteroatoms. The van der Waals surface area contributed by atoms with E-state index in [0.29, 0.717) is 35.0 Å². The van der Waals surface area contributed by atoms with E-state index in [2.05, 4.69) is 21.2 Å². The van der Waals surface area contributed by atoms with Gasteiger partial charge in [0.15, 0.2) is 0 Å². The summed E-state index contributed by atoms with van der Waals surface area (Å²) >= 11 is 3.13. The van der Waals surface area contributed by atoms with Crippen LogP contribution in [-0.4, -0.2) is 5.91 Å². The zero-order valence-electron chi connectivity index (χ0n) is 7.44. The lowest BCUT2D eigenvalue weighted by molar-refractivity contribution is -0.116. The number of carbonyl (C=O) groups is 1. The molecule has 1 heterocycles. The summed E-state index contributed by atoms with van der Waals surface area (Å²) < 4.78 is 14.0. The highest BCUT2D eigenvalue weighted by atomic mass is 79.9. The van der Waals surface area contributed by atoms with E-state index in [1.165, 1.54) is 0 Å². The predicted molar refractivity (Wildman–Crippen MR) is 55.7 cm³/mol. The van der Waals surface area contributed by atoms with Gasteiger partial charge in [-0.1, -0.05) is 0 Å². The molecule has 1 aromatic rings. The van der Waals surface area contributed by atoms with Crippen LogP contribution >= 0.6 is 15.9 Å². The monoisotopic (exact) mass is 257 g/mol. The fourth-order valence-electron chi connectivity index (χ4n) is 1.59. The molecule has 0 aromatic heterocycles. The largest absolute Gasteiger partial charge is 0.326 e. The zero-order valence-corrected chi connectivity index (χ0v) is 9.03. The van der Waals surface area contributed by atoms with Gasteiger partial charge < -0.3 is 5.32 Å². The van der Waals surface area contributed by atoms with Crippen LogP contribution < -0.4 is 5.32 Å². The SMILES string of the molecule is O=C1CCCc2c(ccc(Br)c2F)N1. The standard InChI is InChI=1S/C10H9BrFNO/c11-7-4-5-8-6(10(7)12)2-1-3-9(14)13-8/h4-5H,1-3H2,(H,13,14). The lowest BCUT2D eigenvalue weighted by Crippen LogP contribution is -2.09. The number of amides is 1. The van der Waals surface area contributed by atoms with Crippen LogP contribution in [-0.2, 0) is 11.2 Å². The Kier molecular flexibility index (Phi) is 2.54. The summed E-state index contributed by atoms with van der Waals surface area (Å²) in [7, 11) is 0. The summed E-state index contributed by atoms with van der Waals surface area (Å²) in [6, 6.07) is 3.34. The quantitative estimate of drug-likeness (QED) is 0.761. The second-order valence-corrected chi connectivity index (χ2v) is 4.14. The first kappa shape index (κ1) is 9.65. The van der Waals surface area contributed by atoms with Crippen LogP contribution in [0.4, 0.5) is 10.1 Å². The van der Waals surface area contributed by atoms with Gasteiger partial charge in [0.1, 0.15) is 5.82 Å². The highest BCUT2D eigenvalue weighted by molar-refractivity contribution is 9.10. The number of benzene rings is 1. The molecule has 0 aliphatic carbocycles. The van der Waals surface area contributed by atoms with Gasteiger partial charge in [-0.15, -0.1) is 0 Å². The predicted octanol–water partition coefficient (Wildman–Crippen LogP) is 2.86. The van der Waals surface area contributed by atoms with Gasteiger partial charge >= 0.3 is 0 Å². The smallest absolute Gasteiger partial charge is 0.224 e. The molecular formula is C10H9BrFNO. The lowest BCUT2D eigenvalue weighted by Gasteiger charge is -2.08. The van der Waals surface area contributed by atoms with Gasteiger partial charge in [0.25, 0.3) is 0 Å². The Labute approximate surface area is 89.6 Å². The average molecular weight is 258 g/mol. The number of nitrogens with one attached hydrogen (secondary N) is 1. The lowest BCUT2D eigenvalue weighted by atomic mass is 10.1. The molecular weight excluding hydrogens is 249 g/mol. The Bertz CT molecular complexity index is 392. The van der Waals surface area contributed by atoms with E-state index in [9.17, 15) is 9.18 Å². The number of halogens is 2. The maximum atomic E-state index is 13.6. The van der Waals surface area contributed by atoms with Gasteiger partial charge in [-0.25, -0.2) is 4.39 Å². The maximum Gasteiger partial charge on any atom is 0.224 e. The molecule has 0 spiro atoms. The molecule has 1 N–H and O–H groups in total. The minimum atomic E-state index is -0.260. The summed E-state index contributed by atoms with van der Waals surface area (Å²) in [6.45, 7) is 0. The van der Waals surface area contributed by atoms with Crippen LogP contribution in [0.15, 0.2) is 16.6 Å². The highest BCUT2D eigenvalue weighted by Crippen LogP contribution is 2.29. The molecule has 0 fully saturated rings. The summed E-state index contributed by atoms with van der Waals surface area (Å²) in [5, 5.41) is 2.69. The Balaban J connectivity index is 2.50. The van der Waals surface area contributed by atoms with E-state index in [0.717, 1.165) is 0 Å². The second kappa shape index (κ2) is 3.69. The summed E-state index contributed by atoms with van der Waals surface area (Å²) in [4.78, 5) is 11.2. The van der Waals surface area contributed by atoms with Crippen molar-refractivity contribution in [3.8, 4) is 0 Å². The Hall–Kier alpha value is -0.900. The molecule has 0 saturated heterocycles. The first-order valence-corrected chi connectivity index (χ1v) is 5.24. The first-order chi connectivity index (χ1) is 6.68. The van der Waals surface area contributed by atoms with Crippen LogP contribution in [0.25, 0.3) is 0 Å². The summed E-state index contributed by atoms with van der Waals surface area (Å²) in [5.41, 5.74) is 1.21. The van der Waals surface area contributed by atoms with Crippen LogP contribution in [0.5, 0.6) is 0 Å². The Morgan fingerprint density at radius 1 is 1.36 bits per heavy atom. The molecule has 0 atom stereocenters. The van der Waals surface area contributed by atoms with Gasteiger partial charge in [0.2, 0.25) is 5.91 Å². The molecule has 0 bridgehead atoms. The molecule has 0 saturated carbocycles. The van der Waals surface area contributed by atoms with Crippen LogP contribution in [0, 0.1) is 5.82 Å². The second-order valence-electron chi connectivity index (χ2n) is 3.29. The van der Waals surface area contributed by atoms with E-state index in [1.54, 1.807) is 12.1 Å². The molecule has 1 amide bonds. The number of rotatable bonds is 0. The fourth-order valence-corrected chi connectivity index (χ4v) is 1.96. The third-order valence-electron chi connectivity index (χ3n) is 2.30. The van der Waals surface area contributed by atoms with E-state index in [4.69, 9.17) is 0 Å². The normalized spacial score (nSPS) is 15.7. The van der Waals surface area contributed by atoms with Crippen molar-refractivity contribution in [1.82, 2.24) is 0 Å². The number of anilines is 1. The van der Waals surface area contributed by atoms with Crippen LogP contribution in [0.2, 0.25) is 0 Å². The van der Waals surface area contributed by atoms with Crippen LogP contribution in [0.1, 0.15) is 18.4 Å². The average Bonchev–Trinajstić information content (AvgIpc) is 2.34. The molecule has 1 aliphatic rings. The van der Waals surface area contributed by atoms with E-state index >= 15 is 0 Å². The number of fused-ring (bicyclic) bond motifs is 1. The summed E-state index contributed by atoms with van der Waals surface area (Å²) in [6.07, 6.45) is 1.78. The van der Waals surface area contributed by atoms with Crippen molar-refractivity contribution in [3.63, 3.8) is 0 Å². The van der Waals surface area contributed by atoms with Crippen molar-refractivity contribution in [3.05, 3.63) is 28.0 Å². The molecule has 14 heavy (non-hydrogen) atoms. The topological polar surface area (TPSA) is 29.1 Å². The van der Waals surface area contributed by atoms with Crippen molar-refractivity contribution < 1.29 is 9.18 Å². The third-order valence-corrected chi connectivity index (χ3v) is 2.91. The minimum absolute atomic E-state index is 0.0366. The fraction of sp³-hybridized carbons (Fsp3) is 0.300. The van der Waals surface area contributed by atoms with Crippen molar-refractivity contribution in [2.24, 2.45) is 0 Å². The van der Waals surface area contributed by atoms with Gasteiger partial charge in [0.05, 0.1) is 4.47 Å². The molecule has 2 nitrogen and oxygen atoms in total. The minimum Gasteiger partial charge on any atom is -0.326 e. The van der Waals surface area contributed by atoms with E-state index < -0.39 is 0 Å². The van der Waals surface area contributed by atoms with E-state index in [-0.39, 0.29) is 11.7 Å². The van der Waals surface area contributed by atoms with E-state index in [1.807, 2.05) is 0 Å². The maximum absolute atomic E-state index is 13.6. The van der Waals surface area contributed by atoms with Crippen molar-refractivity contribution in [1.29, 1.82) is 0 Å². The zero-order chi connectivity index (χ0) is 10.1.